The van der Waals surface area contributed by atoms with Crippen molar-refractivity contribution in [3.63, 3.8) is 0 Å². The van der Waals surface area contributed by atoms with Gasteiger partial charge in [-0.2, -0.15) is 0 Å². The Bertz CT molecular complexity index is 597. The first-order valence-corrected chi connectivity index (χ1v) is 6.95. The first-order chi connectivity index (χ1) is 10.2. The van der Waals surface area contributed by atoms with Gasteiger partial charge in [-0.05, 0) is 31.5 Å². The van der Waals surface area contributed by atoms with Crippen LogP contribution in [0.5, 0.6) is 0 Å². The third-order valence-electron chi connectivity index (χ3n) is 2.85. The Kier molecular flexibility index (Phi) is 5.20. The van der Waals surface area contributed by atoms with E-state index in [0.29, 0.717) is 17.9 Å². The lowest BCUT2D eigenvalue weighted by Gasteiger charge is -2.07. The zero-order valence-electron chi connectivity index (χ0n) is 12.3. The third-order valence-corrected chi connectivity index (χ3v) is 2.85. The van der Waals surface area contributed by atoms with Crippen LogP contribution in [0.2, 0.25) is 0 Å². The van der Waals surface area contributed by atoms with E-state index in [4.69, 9.17) is 0 Å². The van der Waals surface area contributed by atoms with Gasteiger partial charge in [0, 0.05) is 18.9 Å². The Morgan fingerprint density at radius 1 is 1.24 bits per heavy atom. The Morgan fingerprint density at radius 3 is 2.76 bits per heavy atom. The summed E-state index contributed by atoms with van der Waals surface area (Å²) in [6.45, 7) is 5.14. The normalized spacial score (nSPS) is 10.2. The van der Waals surface area contributed by atoms with Gasteiger partial charge in [0.15, 0.2) is 0 Å². The van der Waals surface area contributed by atoms with Gasteiger partial charge in [0.2, 0.25) is 0 Å². The molecule has 6 nitrogen and oxygen atoms in total. The number of aromatic nitrogens is 3. The second-order valence-corrected chi connectivity index (χ2v) is 4.64. The van der Waals surface area contributed by atoms with Crippen molar-refractivity contribution in [2.75, 3.05) is 11.9 Å². The molecule has 0 saturated carbocycles. The van der Waals surface area contributed by atoms with Crippen molar-refractivity contribution in [3.05, 3.63) is 47.7 Å². The summed E-state index contributed by atoms with van der Waals surface area (Å²) < 4.78 is 0. The van der Waals surface area contributed by atoms with Gasteiger partial charge in [0.1, 0.15) is 11.6 Å². The van der Waals surface area contributed by atoms with Crippen LogP contribution in [0.1, 0.15) is 35.2 Å². The smallest absolute Gasteiger partial charge is 0.253 e. The van der Waals surface area contributed by atoms with E-state index in [-0.39, 0.29) is 5.91 Å². The van der Waals surface area contributed by atoms with Crippen LogP contribution >= 0.6 is 0 Å². The molecule has 0 saturated heterocycles. The number of pyridine rings is 1. The highest BCUT2D eigenvalue weighted by Crippen LogP contribution is 2.05. The van der Waals surface area contributed by atoms with E-state index >= 15 is 0 Å². The van der Waals surface area contributed by atoms with Gasteiger partial charge in [-0.3, -0.25) is 4.79 Å². The van der Waals surface area contributed by atoms with Crippen LogP contribution < -0.4 is 10.6 Å². The number of nitrogens with zero attached hydrogens (tertiary/aromatic N) is 3. The minimum atomic E-state index is -0.166. The van der Waals surface area contributed by atoms with Crippen molar-refractivity contribution in [3.8, 4) is 0 Å². The molecule has 2 aromatic heterocycles. The summed E-state index contributed by atoms with van der Waals surface area (Å²) in [4.78, 5) is 24.5. The molecular weight excluding hydrogens is 266 g/mol. The highest BCUT2D eigenvalue weighted by Gasteiger charge is 2.06. The van der Waals surface area contributed by atoms with E-state index in [0.717, 1.165) is 24.5 Å². The van der Waals surface area contributed by atoms with E-state index in [1.807, 2.05) is 6.92 Å². The molecule has 6 heteroatoms. The molecule has 0 fully saturated rings. The molecule has 21 heavy (non-hydrogen) atoms. The second kappa shape index (κ2) is 7.33. The van der Waals surface area contributed by atoms with Crippen LogP contribution in [0.15, 0.2) is 30.6 Å². The molecule has 0 unspecified atom stereocenters. The largest absolute Gasteiger partial charge is 0.370 e. The minimum Gasteiger partial charge on any atom is -0.370 e. The lowest BCUT2D eigenvalue weighted by Crippen LogP contribution is -2.23. The van der Waals surface area contributed by atoms with E-state index in [9.17, 15) is 4.79 Å². The molecule has 0 atom stereocenters. The van der Waals surface area contributed by atoms with Gasteiger partial charge >= 0.3 is 0 Å². The number of carbonyl (C=O) groups excluding carboxylic acids is 1. The number of rotatable bonds is 6. The molecule has 2 heterocycles. The fraction of sp³-hybridized carbons (Fsp3) is 0.333. The molecule has 0 aliphatic carbocycles. The van der Waals surface area contributed by atoms with Crippen molar-refractivity contribution in [2.45, 2.75) is 26.8 Å². The van der Waals surface area contributed by atoms with Crippen LogP contribution in [0, 0.1) is 6.92 Å². The van der Waals surface area contributed by atoms with Crippen LogP contribution in [-0.4, -0.2) is 27.4 Å². The molecule has 0 aliphatic heterocycles. The molecule has 0 aromatic carbocycles. The Hall–Kier alpha value is -2.50. The van der Waals surface area contributed by atoms with Gasteiger partial charge < -0.3 is 10.6 Å². The number of anilines is 1. The average Bonchev–Trinajstić information content (AvgIpc) is 2.51. The van der Waals surface area contributed by atoms with E-state index in [1.165, 1.54) is 0 Å². The zero-order valence-corrected chi connectivity index (χ0v) is 12.3. The predicted molar refractivity (Wildman–Crippen MR) is 81.0 cm³/mol. The molecule has 2 N–H and O–H groups in total. The maximum absolute atomic E-state index is 12.0. The zero-order chi connectivity index (χ0) is 15.1. The van der Waals surface area contributed by atoms with Crippen molar-refractivity contribution < 1.29 is 4.79 Å². The Labute approximate surface area is 124 Å². The van der Waals surface area contributed by atoms with Gasteiger partial charge in [-0.15, -0.1) is 0 Å². The van der Waals surface area contributed by atoms with Crippen molar-refractivity contribution in [2.24, 2.45) is 0 Å². The molecule has 2 rings (SSSR count). The highest BCUT2D eigenvalue weighted by molar-refractivity contribution is 5.93. The number of aryl methyl sites for hydroxylation is 1. The molecule has 0 radical (unpaired) electrons. The second-order valence-electron chi connectivity index (χ2n) is 4.64. The van der Waals surface area contributed by atoms with Crippen molar-refractivity contribution in [1.82, 2.24) is 20.3 Å². The molecule has 2 aromatic rings. The van der Waals surface area contributed by atoms with Crippen LogP contribution in [0.25, 0.3) is 0 Å². The number of nitrogens with one attached hydrogen (secondary N) is 2. The van der Waals surface area contributed by atoms with Crippen molar-refractivity contribution in [1.29, 1.82) is 0 Å². The first kappa shape index (κ1) is 14.9. The molecule has 0 aliphatic rings. The summed E-state index contributed by atoms with van der Waals surface area (Å²) in [5.41, 5.74) is 1.31. The topological polar surface area (TPSA) is 79.8 Å². The van der Waals surface area contributed by atoms with Crippen LogP contribution in [0.4, 0.5) is 5.82 Å². The molecular formula is C15H19N5O. The lowest BCUT2D eigenvalue weighted by atomic mass is 10.2. The number of amides is 1. The monoisotopic (exact) mass is 285 g/mol. The van der Waals surface area contributed by atoms with Gasteiger partial charge in [-0.25, -0.2) is 15.0 Å². The summed E-state index contributed by atoms with van der Waals surface area (Å²) in [5, 5.41) is 5.98. The Morgan fingerprint density at radius 2 is 2.10 bits per heavy atom. The molecule has 0 bridgehead atoms. The molecule has 0 spiro atoms. The van der Waals surface area contributed by atoms with E-state index in [1.54, 1.807) is 30.6 Å². The first-order valence-electron chi connectivity index (χ1n) is 6.95. The summed E-state index contributed by atoms with van der Waals surface area (Å²) in [6.07, 6.45) is 4.28. The SMILES string of the molecule is CCCNc1ccc(C(=O)NCc2ccnc(C)n2)cn1. The molecule has 1 amide bonds. The van der Waals surface area contributed by atoms with Crippen LogP contribution in [-0.2, 0) is 6.54 Å². The van der Waals surface area contributed by atoms with E-state index in [2.05, 4.69) is 32.5 Å². The Balaban J connectivity index is 1.91. The fourth-order valence-corrected chi connectivity index (χ4v) is 1.76. The maximum atomic E-state index is 12.0. The summed E-state index contributed by atoms with van der Waals surface area (Å²) in [5.74, 6) is 1.30. The fourth-order valence-electron chi connectivity index (χ4n) is 1.76. The average molecular weight is 285 g/mol. The maximum Gasteiger partial charge on any atom is 0.253 e. The van der Waals surface area contributed by atoms with Crippen molar-refractivity contribution >= 4 is 11.7 Å². The number of carbonyl (C=O) groups is 1. The number of hydrogen-bond acceptors (Lipinski definition) is 5. The summed E-state index contributed by atoms with van der Waals surface area (Å²) >= 11 is 0. The standard InChI is InChI=1S/C15H19N5O/c1-3-7-17-14-5-4-12(9-18-14)15(21)19-10-13-6-8-16-11(2)20-13/h4-6,8-9H,3,7,10H2,1-2H3,(H,17,18)(H,19,21). The van der Waals surface area contributed by atoms with Gasteiger partial charge in [0.05, 0.1) is 17.8 Å². The number of hydrogen-bond donors (Lipinski definition) is 2. The summed E-state index contributed by atoms with van der Waals surface area (Å²) in [7, 11) is 0. The predicted octanol–water partition coefficient (Wildman–Crippen LogP) is 1.93. The van der Waals surface area contributed by atoms with Gasteiger partial charge in [-0.1, -0.05) is 6.92 Å². The third kappa shape index (κ3) is 4.52. The van der Waals surface area contributed by atoms with Gasteiger partial charge in [0.25, 0.3) is 5.91 Å². The summed E-state index contributed by atoms with van der Waals surface area (Å²) in [6, 6.07) is 5.34. The quantitative estimate of drug-likeness (QED) is 0.847. The lowest BCUT2D eigenvalue weighted by molar-refractivity contribution is 0.0950. The highest BCUT2D eigenvalue weighted by atomic mass is 16.1. The van der Waals surface area contributed by atoms with E-state index < -0.39 is 0 Å². The van der Waals surface area contributed by atoms with Crippen LogP contribution in [0.3, 0.4) is 0 Å². The minimum absolute atomic E-state index is 0.166. The molecule has 110 valence electrons.